The van der Waals surface area contributed by atoms with Crippen LogP contribution in [0.4, 0.5) is 0 Å². The van der Waals surface area contributed by atoms with E-state index in [4.69, 9.17) is 9.15 Å². The quantitative estimate of drug-likeness (QED) is 0.222. The van der Waals surface area contributed by atoms with Gasteiger partial charge in [0.25, 0.3) is 11.7 Å². The monoisotopic (exact) mass is 480 g/mol. The highest BCUT2D eigenvalue weighted by molar-refractivity contribution is 6.46. The molecule has 4 aromatic rings. The van der Waals surface area contributed by atoms with Gasteiger partial charge in [0.2, 0.25) is 0 Å². The molecule has 1 saturated heterocycles. The Bertz CT molecular complexity index is 1410. The fourth-order valence-corrected chi connectivity index (χ4v) is 4.34. The Labute approximate surface area is 208 Å². The van der Waals surface area contributed by atoms with Gasteiger partial charge in [-0.1, -0.05) is 29.8 Å². The Hall–Kier alpha value is -4.65. The van der Waals surface area contributed by atoms with Gasteiger partial charge in [-0.05, 0) is 66.6 Å². The third-order valence-electron chi connectivity index (χ3n) is 6.08. The summed E-state index contributed by atoms with van der Waals surface area (Å²) in [6.07, 6.45) is 4.68. The molecule has 1 amide bonds. The zero-order valence-electron chi connectivity index (χ0n) is 19.6. The van der Waals surface area contributed by atoms with Crippen LogP contribution in [-0.2, 0) is 22.7 Å². The number of rotatable bonds is 7. The second kappa shape index (κ2) is 9.92. The van der Waals surface area contributed by atoms with Crippen LogP contribution in [0, 0.1) is 6.92 Å². The molecule has 0 aliphatic carbocycles. The molecule has 0 spiro atoms. The molecule has 0 saturated carbocycles. The zero-order chi connectivity index (χ0) is 25.1. The largest absolute Gasteiger partial charge is 0.507 e. The fourth-order valence-electron chi connectivity index (χ4n) is 4.34. The van der Waals surface area contributed by atoms with Crippen LogP contribution in [0.15, 0.2) is 101 Å². The molecule has 1 N–H and O–H groups in total. The summed E-state index contributed by atoms with van der Waals surface area (Å²) in [6, 6.07) is 21.0. The molecule has 1 fully saturated rings. The van der Waals surface area contributed by atoms with Gasteiger partial charge in [-0.2, -0.15) is 0 Å². The van der Waals surface area contributed by atoms with Crippen LogP contribution in [0.5, 0.6) is 5.75 Å². The Kier molecular flexibility index (Phi) is 6.36. The first-order valence-electron chi connectivity index (χ1n) is 11.5. The van der Waals surface area contributed by atoms with Crippen molar-refractivity contribution in [1.82, 2.24) is 9.88 Å². The third kappa shape index (κ3) is 4.63. The normalized spacial score (nSPS) is 16.9. The molecular weight excluding hydrogens is 456 g/mol. The highest BCUT2D eigenvalue weighted by Crippen LogP contribution is 2.40. The van der Waals surface area contributed by atoms with Gasteiger partial charge in [-0.25, -0.2) is 0 Å². The number of likely N-dealkylation sites (tertiary alicyclic amines) is 1. The maximum Gasteiger partial charge on any atom is 0.296 e. The topological polar surface area (TPSA) is 92.9 Å². The van der Waals surface area contributed by atoms with Gasteiger partial charge in [-0.15, -0.1) is 0 Å². The molecule has 1 unspecified atom stereocenters. The summed E-state index contributed by atoms with van der Waals surface area (Å²) in [7, 11) is 0. The van der Waals surface area contributed by atoms with E-state index in [1.165, 1.54) is 11.2 Å². The van der Waals surface area contributed by atoms with Crippen LogP contribution in [0.2, 0.25) is 0 Å². The summed E-state index contributed by atoms with van der Waals surface area (Å²) in [6.45, 7) is 2.53. The van der Waals surface area contributed by atoms with E-state index in [0.29, 0.717) is 29.2 Å². The summed E-state index contributed by atoms with van der Waals surface area (Å²) in [5.74, 6) is -0.543. The lowest BCUT2D eigenvalue weighted by atomic mass is 9.96. The van der Waals surface area contributed by atoms with Crippen molar-refractivity contribution in [2.45, 2.75) is 26.1 Å². The summed E-state index contributed by atoms with van der Waals surface area (Å²) < 4.78 is 11.3. The highest BCUT2D eigenvalue weighted by atomic mass is 16.5. The molecular formula is C29H24N2O5. The first kappa shape index (κ1) is 23.1. The van der Waals surface area contributed by atoms with Gasteiger partial charge in [-0.3, -0.25) is 14.6 Å². The number of hydrogen-bond acceptors (Lipinski definition) is 6. The number of aliphatic hydroxyl groups excluding tert-OH is 1. The van der Waals surface area contributed by atoms with Gasteiger partial charge in [0, 0.05) is 18.0 Å². The Morgan fingerprint density at radius 1 is 1.03 bits per heavy atom. The van der Waals surface area contributed by atoms with Crippen LogP contribution in [0.25, 0.3) is 5.76 Å². The number of ketones is 1. The lowest BCUT2D eigenvalue weighted by Gasteiger charge is -2.24. The molecule has 7 nitrogen and oxygen atoms in total. The SMILES string of the molecule is Cc1cccc(COc2ccc(/C(O)=C3/C(=O)C(=O)N(Cc4ccco4)C3c3ccncc3)cc2)c1. The molecule has 1 aliphatic rings. The van der Waals surface area contributed by atoms with Crippen molar-refractivity contribution in [3.8, 4) is 5.75 Å². The Morgan fingerprint density at radius 3 is 2.50 bits per heavy atom. The number of nitrogens with zero attached hydrogens (tertiary/aromatic N) is 2. The smallest absolute Gasteiger partial charge is 0.296 e. The second-order valence-electron chi connectivity index (χ2n) is 8.59. The van der Waals surface area contributed by atoms with E-state index in [1.807, 2.05) is 25.1 Å². The van der Waals surface area contributed by atoms with Gasteiger partial charge in [0.05, 0.1) is 24.4 Å². The number of furan rings is 1. The summed E-state index contributed by atoms with van der Waals surface area (Å²) in [5.41, 5.74) is 3.30. The standard InChI is InChI=1S/C29H24N2O5/c1-19-4-2-5-20(16-19)18-36-23-9-7-22(8-10-23)27(32)25-26(21-11-13-30-14-12-21)31(29(34)28(25)33)17-24-6-3-15-35-24/h2-16,26,32H,17-18H2,1H3/b27-25-. The zero-order valence-corrected chi connectivity index (χ0v) is 19.6. The molecule has 36 heavy (non-hydrogen) atoms. The predicted octanol–water partition coefficient (Wildman–Crippen LogP) is 5.18. The molecule has 2 aromatic carbocycles. The van der Waals surface area contributed by atoms with E-state index in [0.717, 1.165) is 11.1 Å². The maximum atomic E-state index is 13.1. The lowest BCUT2D eigenvalue weighted by molar-refractivity contribution is -0.140. The molecule has 1 aliphatic heterocycles. The summed E-state index contributed by atoms with van der Waals surface area (Å²) in [4.78, 5) is 31.6. The number of benzene rings is 2. The number of aryl methyl sites for hydroxylation is 1. The van der Waals surface area contributed by atoms with Gasteiger partial charge in [0.15, 0.2) is 0 Å². The summed E-state index contributed by atoms with van der Waals surface area (Å²) >= 11 is 0. The number of aliphatic hydroxyl groups is 1. The molecule has 2 aromatic heterocycles. The second-order valence-corrected chi connectivity index (χ2v) is 8.59. The minimum atomic E-state index is -0.782. The number of aromatic nitrogens is 1. The number of carbonyl (C=O) groups is 2. The molecule has 1 atom stereocenters. The lowest BCUT2D eigenvalue weighted by Crippen LogP contribution is -2.29. The number of ether oxygens (including phenoxy) is 1. The third-order valence-corrected chi connectivity index (χ3v) is 6.08. The van der Waals surface area contributed by atoms with Crippen molar-refractivity contribution >= 4 is 17.4 Å². The fraction of sp³-hybridized carbons (Fsp3) is 0.138. The Morgan fingerprint density at radius 2 is 1.81 bits per heavy atom. The van der Waals surface area contributed by atoms with Crippen LogP contribution in [0.1, 0.15) is 34.1 Å². The van der Waals surface area contributed by atoms with Crippen molar-refractivity contribution in [2.75, 3.05) is 0 Å². The molecule has 3 heterocycles. The van der Waals surface area contributed by atoms with E-state index >= 15 is 0 Å². The molecule has 0 bridgehead atoms. The molecule has 5 rings (SSSR count). The van der Waals surface area contributed by atoms with E-state index in [1.54, 1.807) is 60.9 Å². The van der Waals surface area contributed by atoms with Crippen molar-refractivity contribution in [1.29, 1.82) is 0 Å². The van der Waals surface area contributed by atoms with Gasteiger partial charge in [0.1, 0.15) is 23.9 Å². The minimum absolute atomic E-state index is 0.0196. The van der Waals surface area contributed by atoms with Gasteiger partial charge >= 0.3 is 0 Å². The van der Waals surface area contributed by atoms with Gasteiger partial charge < -0.3 is 19.2 Å². The van der Waals surface area contributed by atoms with E-state index in [2.05, 4.69) is 11.1 Å². The highest BCUT2D eigenvalue weighted by Gasteiger charge is 2.46. The number of pyridine rings is 1. The van der Waals surface area contributed by atoms with Crippen molar-refractivity contribution in [3.05, 3.63) is 125 Å². The van der Waals surface area contributed by atoms with E-state index < -0.39 is 17.7 Å². The number of hydrogen-bond donors (Lipinski definition) is 1. The van der Waals surface area contributed by atoms with E-state index in [9.17, 15) is 14.7 Å². The average molecular weight is 481 g/mol. The van der Waals surface area contributed by atoms with Crippen LogP contribution < -0.4 is 4.74 Å². The maximum absolute atomic E-state index is 13.1. The summed E-state index contributed by atoms with van der Waals surface area (Å²) in [5, 5.41) is 11.2. The van der Waals surface area contributed by atoms with Crippen LogP contribution in [0.3, 0.4) is 0 Å². The molecule has 7 heteroatoms. The van der Waals surface area contributed by atoms with Crippen molar-refractivity contribution in [3.63, 3.8) is 0 Å². The molecule has 180 valence electrons. The van der Waals surface area contributed by atoms with Crippen LogP contribution >= 0.6 is 0 Å². The number of amides is 1. The minimum Gasteiger partial charge on any atom is -0.507 e. The number of carbonyl (C=O) groups excluding carboxylic acids is 2. The Balaban J connectivity index is 1.45. The predicted molar refractivity (Wildman–Crippen MR) is 133 cm³/mol. The van der Waals surface area contributed by atoms with Crippen LogP contribution in [-0.4, -0.2) is 26.7 Å². The van der Waals surface area contributed by atoms with Crippen molar-refractivity contribution in [2.24, 2.45) is 0 Å². The van der Waals surface area contributed by atoms with Crippen molar-refractivity contribution < 1.29 is 23.8 Å². The first-order valence-corrected chi connectivity index (χ1v) is 11.5. The first-order chi connectivity index (χ1) is 17.5. The van der Waals surface area contributed by atoms with E-state index in [-0.39, 0.29) is 17.9 Å². The molecule has 0 radical (unpaired) electrons. The number of Topliss-reactive ketones (excluding diaryl/α,β-unsaturated/α-hetero) is 1. The average Bonchev–Trinajstić information content (AvgIpc) is 3.50.